The lowest BCUT2D eigenvalue weighted by atomic mass is 10.1. The monoisotopic (exact) mass is 437 g/mol. The number of nitrogens with one attached hydrogen (secondary N) is 1. The van der Waals surface area contributed by atoms with E-state index in [2.05, 4.69) is 5.32 Å². The van der Waals surface area contributed by atoms with Crippen LogP contribution in [0.2, 0.25) is 0 Å². The quantitative estimate of drug-likeness (QED) is 0.723. The number of nitrogens with zero attached hydrogens (tertiary/aromatic N) is 2. The van der Waals surface area contributed by atoms with Crippen LogP contribution in [0.3, 0.4) is 0 Å². The predicted molar refractivity (Wildman–Crippen MR) is 109 cm³/mol. The maximum absolute atomic E-state index is 13.9. The van der Waals surface area contributed by atoms with Gasteiger partial charge in [-0.05, 0) is 24.6 Å². The van der Waals surface area contributed by atoms with Crippen molar-refractivity contribution in [1.29, 1.82) is 0 Å². The Balaban J connectivity index is 1.49. The lowest BCUT2D eigenvalue weighted by Crippen LogP contribution is -2.49. The third-order valence-electron chi connectivity index (χ3n) is 5.18. The molecule has 1 heterocycles. The van der Waals surface area contributed by atoms with Gasteiger partial charge in [0.15, 0.2) is 4.90 Å². The average molecular weight is 438 g/mol. The van der Waals surface area contributed by atoms with Gasteiger partial charge in [0.2, 0.25) is 15.9 Å². The highest BCUT2D eigenvalue weighted by molar-refractivity contribution is 7.89. The van der Waals surface area contributed by atoms with E-state index in [4.69, 9.17) is 0 Å². The first-order chi connectivity index (χ1) is 14.3. The molecule has 0 spiro atoms. The van der Waals surface area contributed by atoms with E-state index in [9.17, 15) is 22.0 Å². The molecule has 1 aliphatic rings. The van der Waals surface area contributed by atoms with E-state index >= 15 is 0 Å². The minimum Gasteiger partial charge on any atom is -0.350 e. The Hall–Kier alpha value is -2.36. The highest BCUT2D eigenvalue weighted by Crippen LogP contribution is 2.23. The van der Waals surface area contributed by atoms with E-state index in [1.54, 1.807) is 0 Å². The molecule has 0 saturated carbocycles. The van der Waals surface area contributed by atoms with E-state index < -0.39 is 26.6 Å². The molecular weight excluding hydrogens is 412 g/mol. The summed E-state index contributed by atoms with van der Waals surface area (Å²) >= 11 is 0. The Labute approximate surface area is 175 Å². The molecule has 2 aromatic carbocycles. The Morgan fingerprint density at radius 2 is 1.60 bits per heavy atom. The van der Waals surface area contributed by atoms with Crippen LogP contribution >= 0.6 is 0 Å². The minimum absolute atomic E-state index is 0.0881. The molecule has 3 rings (SSSR count). The molecule has 1 N–H and O–H groups in total. The number of benzene rings is 2. The summed E-state index contributed by atoms with van der Waals surface area (Å²) in [6.07, 6.45) is 0.284. The molecule has 1 aliphatic heterocycles. The van der Waals surface area contributed by atoms with E-state index in [-0.39, 0.29) is 31.5 Å². The Kier molecular flexibility index (Phi) is 7.17. The molecule has 30 heavy (non-hydrogen) atoms. The second kappa shape index (κ2) is 9.63. The van der Waals surface area contributed by atoms with Gasteiger partial charge in [0.05, 0.1) is 6.04 Å². The smallest absolute Gasteiger partial charge is 0.249 e. The number of amides is 1. The number of hydrogen-bond donors (Lipinski definition) is 1. The van der Waals surface area contributed by atoms with Crippen molar-refractivity contribution in [2.24, 2.45) is 0 Å². The Morgan fingerprint density at radius 1 is 1.00 bits per heavy atom. The zero-order valence-corrected chi connectivity index (χ0v) is 17.5. The van der Waals surface area contributed by atoms with Crippen LogP contribution < -0.4 is 5.32 Å². The summed E-state index contributed by atoms with van der Waals surface area (Å²) in [5.74, 6) is -2.28. The molecule has 1 fully saturated rings. The number of piperazine rings is 1. The number of halogens is 2. The summed E-state index contributed by atoms with van der Waals surface area (Å²) in [5, 5.41) is 2.95. The van der Waals surface area contributed by atoms with Crippen molar-refractivity contribution in [3.05, 3.63) is 65.7 Å². The zero-order chi connectivity index (χ0) is 21.7. The van der Waals surface area contributed by atoms with Gasteiger partial charge >= 0.3 is 0 Å². The van der Waals surface area contributed by atoms with Gasteiger partial charge in [-0.2, -0.15) is 4.31 Å². The normalized spacial score (nSPS) is 16.9. The first-order valence-electron chi connectivity index (χ1n) is 9.80. The van der Waals surface area contributed by atoms with Crippen LogP contribution in [-0.4, -0.2) is 56.3 Å². The lowest BCUT2D eigenvalue weighted by molar-refractivity contribution is -0.122. The van der Waals surface area contributed by atoms with Gasteiger partial charge in [-0.1, -0.05) is 36.4 Å². The molecule has 0 aliphatic carbocycles. The zero-order valence-electron chi connectivity index (χ0n) is 16.7. The molecular formula is C21H25F2N3O3S. The number of hydrogen-bond acceptors (Lipinski definition) is 4. The van der Waals surface area contributed by atoms with Gasteiger partial charge in [0, 0.05) is 39.1 Å². The third-order valence-corrected chi connectivity index (χ3v) is 7.13. The molecule has 0 bridgehead atoms. The fraction of sp³-hybridized carbons (Fsp3) is 0.381. The number of carbonyl (C=O) groups is 1. The van der Waals surface area contributed by atoms with Crippen molar-refractivity contribution in [1.82, 2.24) is 14.5 Å². The summed E-state index contributed by atoms with van der Waals surface area (Å²) in [6, 6.07) is 12.5. The summed E-state index contributed by atoms with van der Waals surface area (Å²) in [7, 11) is -4.25. The van der Waals surface area contributed by atoms with Crippen molar-refractivity contribution in [2.75, 3.05) is 32.7 Å². The highest BCUT2D eigenvalue weighted by Gasteiger charge is 2.33. The van der Waals surface area contributed by atoms with Crippen molar-refractivity contribution in [3.63, 3.8) is 0 Å². The van der Waals surface area contributed by atoms with Crippen molar-refractivity contribution in [3.8, 4) is 0 Å². The molecule has 0 radical (unpaired) electrons. The van der Waals surface area contributed by atoms with Crippen LogP contribution in [-0.2, 0) is 14.8 Å². The first kappa shape index (κ1) is 22.3. The molecule has 2 aromatic rings. The van der Waals surface area contributed by atoms with E-state index in [0.717, 1.165) is 28.1 Å². The molecule has 162 valence electrons. The molecule has 1 amide bonds. The highest BCUT2D eigenvalue weighted by atomic mass is 32.2. The third kappa shape index (κ3) is 5.21. The van der Waals surface area contributed by atoms with E-state index in [1.807, 2.05) is 42.2 Å². The van der Waals surface area contributed by atoms with Crippen molar-refractivity contribution >= 4 is 15.9 Å². The van der Waals surface area contributed by atoms with Gasteiger partial charge in [0.1, 0.15) is 11.6 Å². The SMILES string of the molecule is CC(NC(=O)CCN1CCN(S(=O)(=O)c2c(F)cccc2F)CC1)c1ccccc1. The first-order valence-corrected chi connectivity index (χ1v) is 11.2. The summed E-state index contributed by atoms with van der Waals surface area (Å²) in [5.41, 5.74) is 1.02. The fourth-order valence-electron chi connectivity index (χ4n) is 3.45. The molecule has 6 nitrogen and oxygen atoms in total. The molecule has 1 atom stereocenters. The summed E-state index contributed by atoms with van der Waals surface area (Å²) in [6.45, 7) is 3.39. The second-order valence-electron chi connectivity index (χ2n) is 7.25. The predicted octanol–water partition coefficient (Wildman–Crippen LogP) is 2.54. The van der Waals surface area contributed by atoms with Gasteiger partial charge in [-0.15, -0.1) is 0 Å². The largest absolute Gasteiger partial charge is 0.350 e. The standard InChI is InChI=1S/C21H25F2N3O3S/c1-16(17-6-3-2-4-7-17)24-20(27)10-11-25-12-14-26(15-13-25)30(28,29)21-18(22)8-5-9-19(21)23/h2-9,16H,10-15H2,1H3,(H,24,27). The van der Waals surface area contributed by atoms with Gasteiger partial charge in [-0.25, -0.2) is 17.2 Å². The number of sulfonamides is 1. The Morgan fingerprint density at radius 3 is 2.20 bits per heavy atom. The topological polar surface area (TPSA) is 69.7 Å². The molecule has 1 saturated heterocycles. The minimum atomic E-state index is -4.25. The Bertz CT molecular complexity index is 958. The van der Waals surface area contributed by atoms with Gasteiger partial charge in [-0.3, -0.25) is 4.79 Å². The maximum atomic E-state index is 13.9. The van der Waals surface area contributed by atoms with Crippen LogP contribution in [0.25, 0.3) is 0 Å². The van der Waals surface area contributed by atoms with Crippen molar-refractivity contribution in [2.45, 2.75) is 24.3 Å². The molecule has 0 aromatic heterocycles. The molecule has 9 heteroatoms. The summed E-state index contributed by atoms with van der Waals surface area (Å²) in [4.78, 5) is 13.3. The second-order valence-corrected chi connectivity index (χ2v) is 9.12. The number of carbonyl (C=O) groups excluding carboxylic acids is 1. The van der Waals surface area contributed by atoms with Crippen LogP contribution in [0, 0.1) is 11.6 Å². The van der Waals surface area contributed by atoms with Crippen LogP contribution in [0.5, 0.6) is 0 Å². The maximum Gasteiger partial charge on any atom is 0.249 e. The van der Waals surface area contributed by atoms with Crippen LogP contribution in [0.15, 0.2) is 53.4 Å². The lowest BCUT2D eigenvalue weighted by Gasteiger charge is -2.34. The van der Waals surface area contributed by atoms with E-state index in [0.29, 0.717) is 19.6 Å². The van der Waals surface area contributed by atoms with E-state index in [1.165, 1.54) is 0 Å². The van der Waals surface area contributed by atoms with Crippen LogP contribution in [0.4, 0.5) is 8.78 Å². The molecule has 1 unspecified atom stereocenters. The van der Waals surface area contributed by atoms with Gasteiger partial charge in [0.25, 0.3) is 0 Å². The van der Waals surface area contributed by atoms with Gasteiger partial charge < -0.3 is 10.2 Å². The van der Waals surface area contributed by atoms with Crippen LogP contribution in [0.1, 0.15) is 24.9 Å². The fourth-order valence-corrected chi connectivity index (χ4v) is 4.98. The average Bonchev–Trinajstić information content (AvgIpc) is 2.73. The summed E-state index contributed by atoms with van der Waals surface area (Å²) < 4.78 is 54.2. The van der Waals surface area contributed by atoms with Crippen molar-refractivity contribution < 1.29 is 22.0 Å². The number of rotatable bonds is 7.